The molecule has 1 aromatic heterocycles. The molecule has 1 N–H and O–H groups in total. The van der Waals surface area contributed by atoms with Crippen LogP contribution in [0.3, 0.4) is 0 Å². The van der Waals surface area contributed by atoms with E-state index in [2.05, 4.69) is 9.72 Å². The van der Waals surface area contributed by atoms with E-state index in [4.69, 9.17) is 18.5 Å². The van der Waals surface area contributed by atoms with Crippen LogP contribution in [0.25, 0.3) is 6.08 Å². The first-order chi connectivity index (χ1) is 13.2. The fraction of sp³-hybridized carbons (Fsp3) is 0.562. The first-order valence-corrected chi connectivity index (χ1v) is 10.3. The van der Waals surface area contributed by atoms with Crippen molar-refractivity contribution in [3.63, 3.8) is 0 Å². The maximum Gasteiger partial charge on any atom is 0.330 e. The Morgan fingerprint density at radius 2 is 2.11 bits per heavy atom. The van der Waals surface area contributed by atoms with Crippen molar-refractivity contribution >= 4 is 19.6 Å². The van der Waals surface area contributed by atoms with Crippen molar-refractivity contribution in [1.29, 1.82) is 0 Å². The zero-order valence-electron chi connectivity index (χ0n) is 15.9. The van der Waals surface area contributed by atoms with E-state index >= 15 is 0 Å². The third-order valence-corrected chi connectivity index (χ3v) is 5.48. The smallest absolute Gasteiger partial charge is 0.330 e. The fourth-order valence-electron chi connectivity index (χ4n) is 2.59. The van der Waals surface area contributed by atoms with Crippen molar-refractivity contribution in [2.24, 2.45) is 0 Å². The number of aromatic amines is 1. The van der Waals surface area contributed by atoms with Crippen molar-refractivity contribution in [3.05, 3.63) is 38.7 Å². The summed E-state index contributed by atoms with van der Waals surface area (Å²) in [6.07, 6.45) is 2.06. The molecule has 1 aliphatic heterocycles. The second-order valence-electron chi connectivity index (χ2n) is 6.00. The van der Waals surface area contributed by atoms with Crippen molar-refractivity contribution in [1.82, 2.24) is 9.55 Å². The molecule has 1 unspecified atom stereocenters. The lowest BCUT2D eigenvalue weighted by Gasteiger charge is -2.19. The second kappa shape index (κ2) is 9.44. The number of aromatic nitrogens is 2. The summed E-state index contributed by atoms with van der Waals surface area (Å²) in [4.78, 5) is 37.5. The Kier molecular flexibility index (Phi) is 7.50. The molecule has 2 heterocycles. The van der Waals surface area contributed by atoms with E-state index in [-0.39, 0.29) is 18.6 Å². The molecule has 0 amide bonds. The van der Waals surface area contributed by atoms with E-state index < -0.39 is 43.2 Å². The minimum Gasteiger partial charge on any atom is -0.466 e. The van der Waals surface area contributed by atoms with E-state index in [1.807, 2.05) is 0 Å². The summed E-state index contributed by atoms with van der Waals surface area (Å²) in [5, 5.41) is 0. The normalized spacial score (nSPS) is 24.4. The molecule has 1 saturated heterocycles. The van der Waals surface area contributed by atoms with Gasteiger partial charge in [-0.05, 0) is 6.08 Å². The van der Waals surface area contributed by atoms with Crippen molar-refractivity contribution in [2.45, 2.75) is 24.9 Å². The van der Waals surface area contributed by atoms with E-state index in [9.17, 15) is 18.9 Å². The first kappa shape index (κ1) is 22.3. The summed E-state index contributed by atoms with van der Waals surface area (Å²) in [6.45, 7) is 1.26. The Labute approximate surface area is 160 Å². The van der Waals surface area contributed by atoms with Gasteiger partial charge in [0, 0.05) is 39.6 Å². The molecule has 2 rings (SSSR count). The van der Waals surface area contributed by atoms with E-state index in [1.54, 1.807) is 0 Å². The molecular weight excluding hydrogens is 395 g/mol. The molecule has 0 radical (unpaired) electrons. The average molecular weight is 418 g/mol. The number of nitrogens with one attached hydrogen (secondary N) is 1. The Bertz CT molecular complexity index is 891. The molecule has 11 nitrogen and oxygen atoms in total. The quantitative estimate of drug-likeness (QED) is 0.364. The number of esters is 1. The van der Waals surface area contributed by atoms with Gasteiger partial charge in [-0.15, -0.1) is 0 Å². The fourth-order valence-corrected chi connectivity index (χ4v) is 3.11. The van der Waals surface area contributed by atoms with Crippen LogP contribution in [-0.2, 0) is 32.6 Å². The third-order valence-electron chi connectivity index (χ3n) is 4.19. The molecule has 1 aromatic rings. The number of methoxy groups -OCH3 is 2. The highest BCUT2D eigenvalue weighted by Gasteiger charge is 2.38. The Morgan fingerprint density at radius 1 is 1.39 bits per heavy atom. The maximum atomic E-state index is 12.2. The minimum atomic E-state index is -3.20. The number of ether oxygens (including phenoxy) is 3. The summed E-state index contributed by atoms with van der Waals surface area (Å²) in [7, 11) is 0.751. The van der Waals surface area contributed by atoms with Crippen LogP contribution < -0.4 is 11.2 Å². The molecule has 0 aliphatic carbocycles. The number of nitrogens with zero attached hydrogens (tertiary/aromatic N) is 1. The molecule has 28 heavy (non-hydrogen) atoms. The molecule has 156 valence electrons. The molecule has 12 heteroatoms. The number of carbonyl (C=O) groups excluding carboxylic acids is 1. The Balaban J connectivity index is 2.23. The predicted molar refractivity (Wildman–Crippen MR) is 98.2 cm³/mol. The van der Waals surface area contributed by atoms with Gasteiger partial charge in [0.05, 0.1) is 25.4 Å². The van der Waals surface area contributed by atoms with Gasteiger partial charge in [0.25, 0.3) is 5.56 Å². The highest BCUT2D eigenvalue weighted by atomic mass is 31.2. The van der Waals surface area contributed by atoms with Crippen LogP contribution in [0.15, 0.2) is 21.9 Å². The lowest BCUT2D eigenvalue weighted by molar-refractivity contribution is -0.134. The van der Waals surface area contributed by atoms with Gasteiger partial charge < -0.3 is 23.3 Å². The van der Waals surface area contributed by atoms with Crippen LogP contribution in [0.5, 0.6) is 0 Å². The molecule has 0 saturated carbocycles. The summed E-state index contributed by atoms with van der Waals surface area (Å²) in [5.41, 5.74) is -1.27. The van der Waals surface area contributed by atoms with Crippen LogP contribution in [0.2, 0.25) is 0 Å². The molecule has 1 aliphatic rings. The Hall–Kier alpha value is -2.04. The van der Waals surface area contributed by atoms with E-state index in [1.165, 1.54) is 44.8 Å². The Morgan fingerprint density at radius 3 is 2.71 bits per heavy atom. The van der Waals surface area contributed by atoms with Crippen molar-refractivity contribution < 1.29 is 32.6 Å². The SMILES string of the molecule is COC(=O)/C=C/c1cn([C@H]2C[C@@H](OC)[C@@H](COP(C)(=O)OC)O2)c(=O)[nH]c1=O. The van der Waals surface area contributed by atoms with Gasteiger partial charge in [0.1, 0.15) is 12.3 Å². The number of rotatable bonds is 8. The molecule has 1 fully saturated rings. The highest BCUT2D eigenvalue weighted by Crippen LogP contribution is 2.43. The first-order valence-electron chi connectivity index (χ1n) is 8.28. The monoisotopic (exact) mass is 418 g/mol. The number of H-pyrrole nitrogens is 1. The zero-order valence-corrected chi connectivity index (χ0v) is 16.8. The van der Waals surface area contributed by atoms with E-state index in [0.29, 0.717) is 0 Å². The lowest BCUT2D eigenvalue weighted by atomic mass is 10.2. The van der Waals surface area contributed by atoms with Gasteiger partial charge in [-0.1, -0.05) is 0 Å². The third kappa shape index (κ3) is 5.49. The molecule has 0 spiro atoms. The molecule has 0 bridgehead atoms. The largest absolute Gasteiger partial charge is 0.466 e. The standard InChI is InChI=1S/C16H23N2O9P/c1-23-11-7-13(27-12(11)9-26-28(4,22)25-3)18-8-10(5-6-14(19)24-2)15(20)17-16(18)21/h5-6,8,11-13H,7,9H2,1-4H3,(H,17,20,21)/b6-5+/t11-,12-,13-,28?/m1/s1. The van der Waals surface area contributed by atoms with Gasteiger partial charge in [-0.25, -0.2) is 9.59 Å². The van der Waals surface area contributed by atoms with E-state index in [0.717, 1.165) is 6.08 Å². The topological polar surface area (TPSA) is 135 Å². The van der Waals surface area contributed by atoms with Crippen molar-refractivity contribution in [2.75, 3.05) is 34.6 Å². The minimum absolute atomic E-state index is 0.0656. The molecular formula is C16H23N2O9P. The van der Waals surface area contributed by atoms with Gasteiger partial charge >= 0.3 is 19.3 Å². The summed E-state index contributed by atoms with van der Waals surface area (Å²) in [6, 6.07) is 0. The zero-order chi connectivity index (χ0) is 20.9. The van der Waals surface area contributed by atoms with Crippen LogP contribution in [-0.4, -0.2) is 62.3 Å². The lowest BCUT2D eigenvalue weighted by Crippen LogP contribution is -2.33. The van der Waals surface area contributed by atoms with Gasteiger partial charge in [-0.3, -0.25) is 18.9 Å². The van der Waals surface area contributed by atoms with Crippen LogP contribution in [0.1, 0.15) is 18.2 Å². The predicted octanol–water partition coefficient (Wildman–Crippen LogP) is 0.511. The maximum absolute atomic E-state index is 12.2. The van der Waals surface area contributed by atoms with Gasteiger partial charge in [0.15, 0.2) is 0 Å². The summed E-state index contributed by atoms with van der Waals surface area (Å²) >= 11 is 0. The van der Waals surface area contributed by atoms with Crippen molar-refractivity contribution in [3.8, 4) is 0 Å². The van der Waals surface area contributed by atoms with Gasteiger partial charge in [-0.2, -0.15) is 0 Å². The molecule has 4 atom stereocenters. The number of hydrogen-bond donors (Lipinski definition) is 1. The van der Waals surface area contributed by atoms with Crippen LogP contribution >= 0.6 is 7.60 Å². The highest BCUT2D eigenvalue weighted by molar-refractivity contribution is 7.52. The van der Waals surface area contributed by atoms with Crippen LogP contribution in [0, 0.1) is 0 Å². The van der Waals surface area contributed by atoms with Crippen LogP contribution in [0.4, 0.5) is 0 Å². The average Bonchev–Trinajstić information content (AvgIpc) is 3.08. The summed E-state index contributed by atoms with van der Waals surface area (Å²) in [5.74, 6) is -0.645. The molecule has 0 aromatic carbocycles. The van der Waals surface area contributed by atoms with Gasteiger partial charge in [0.2, 0.25) is 0 Å². The second-order valence-corrected chi connectivity index (χ2v) is 8.16. The number of hydrogen-bond acceptors (Lipinski definition) is 9. The number of carbonyl (C=O) groups is 1. The summed E-state index contributed by atoms with van der Waals surface area (Å²) < 4.78 is 38.8.